The average molecular weight is 399 g/mol. The lowest BCUT2D eigenvalue weighted by molar-refractivity contribution is 0.114. The van der Waals surface area contributed by atoms with Crippen molar-refractivity contribution in [2.45, 2.75) is 102 Å². The highest BCUT2D eigenvalue weighted by atomic mass is 32.2. The van der Waals surface area contributed by atoms with Gasteiger partial charge in [-0.2, -0.15) is 11.8 Å². The summed E-state index contributed by atoms with van der Waals surface area (Å²) in [5.41, 5.74) is 0. The van der Waals surface area contributed by atoms with E-state index in [-0.39, 0.29) is 11.8 Å². The summed E-state index contributed by atoms with van der Waals surface area (Å²) < 4.78 is 0. The molecule has 0 spiro atoms. The molecule has 0 unspecified atom stereocenters. The van der Waals surface area contributed by atoms with Gasteiger partial charge in [0.05, 0.1) is 18.3 Å². The summed E-state index contributed by atoms with van der Waals surface area (Å²) in [5, 5.41) is 31.2. The van der Waals surface area contributed by atoms with E-state index in [1.165, 1.54) is 56.5 Å². The Morgan fingerprint density at radius 3 is 2.41 bits per heavy atom. The SMILES string of the molecule is CCSCCCCCCC[C@@H]1[C@@H](/C=C/[C@H](O)C2CCCCC2)[C@H](O)C[C@@H]1O. The van der Waals surface area contributed by atoms with Crippen molar-refractivity contribution in [1.82, 2.24) is 0 Å². The Bertz CT molecular complexity index is 408. The number of aliphatic hydroxyl groups is 3. The van der Waals surface area contributed by atoms with Crippen LogP contribution >= 0.6 is 11.8 Å². The number of hydrogen-bond donors (Lipinski definition) is 3. The first-order chi connectivity index (χ1) is 13.1. The molecule has 4 heteroatoms. The number of rotatable bonds is 12. The van der Waals surface area contributed by atoms with E-state index in [0.717, 1.165) is 25.7 Å². The van der Waals surface area contributed by atoms with Gasteiger partial charge in [0, 0.05) is 12.3 Å². The molecule has 158 valence electrons. The predicted molar refractivity (Wildman–Crippen MR) is 116 cm³/mol. The molecule has 0 saturated heterocycles. The summed E-state index contributed by atoms with van der Waals surface area (Å²) >= 11 is 2.02. The lowest BCUT2D eigenvalue weighted by atomic mass is 9.83. The Labute approximate surface area is 171 Å². The van der Waals surface area contributed by atoms with E-state index in [0.29, 0.717) is 12.3 Å². The van der Waals surface area contributed by atoms with Crippen molar-refractivity contribution in [3.63, 3.8) is 0 Å². The standard InChI is InChI=1S/C23H42O3S/c1-2-27-16-10-5-3-4-9-13-19-20(23(26)17-22(19)25)14-15-21(24)18-11-7-6-8-12-18/h14-15,18-26H,2-13,16-17H2,1H3/b15-14+/t19-,20-,21+,22+,23-/m1/s1. The Morgan fingerprint density at radius 1 is 0.963 bits per heavy atom. The number of aliphatic hydroxyl groups excluding tert-OH is 3. The van der Waals surface area contributed by atoms with E-state index in [1.807, 2.05) is 23.9 Å². The van der Waals surface area contributed by atoms with Crippen LogP contribution in [0.2, 0.25) is 0 Å². The van der Waals surface area contributed by atoms with Gasteiger partial charge in [-0.25, -0.2) is 0 Å². The molecule has 27 heavy (non-hydrogen) atoms. The molecule has 3 N–H and O–H groups in total. The normalized spacial score (nSPS) is 31.0. The zero-order valence-corrected chi connectivity index (χ0v) is 18.1. The zero-order valence-electron chi connectivity index (χ0n) is 17.3. The maximum Gasteiger partial charge on any atom is 0.0749 e. The number of unbranched alkanes of at least 4 members (excludes halogenated alkanes) is 4. The third-order valence-corrected chi connectivity index (χ3v) is 7.60. The van der Waals surface area contributed by atoms with Gasteiger partial charge in [-0.05, 0) is 49.0 Å². The largest absolute Gasteiger partial charge is 0.393 e. The van der Waals surface area contributed by atoms with E-state index in [4.69, 9.17) is 0 Å². The molecule has 0 heterocycles. The van der Waals surface area contributed by atoms with Crippen LogP contribution in [0.4, 0.5) is 0 Å². The van der Waals surface area contributed by atoms with Crippen molar-refractivity contribution in [1.29, 1.82) is 0 Å². The van der Waals surface area contributed by atoms with Crippen LogP contribution in [0, 0.1) is 17.8 Å². The minimum Gasteiger partial charge on any atom is -0.393 e. The van der Waals surface area contributed by atoms with Crippen LogP contribution in [0.1, 0.15) is 84.0 Å². The van der Waals surface area contributed by atoms with Crippen molar-refractivity contribution >= 4 is 11.8 Å². The summed E-state index contributed by atoms with van der Waals surface area (Å²) in [6.45, 7) is 2.21. The van der Waals surface area contributed by atoms with Crippen molar-refractivity contribution < 1.29 is 15.3 Å². The first kappa shape index (κ1) is 23.3. The van der Waals surface area contributed by atoms with Crippen LogP contribution in [-0.2, 0) is 0 Å². The van der Waals surface area contributed by atoms with Crippen LogP contribution in [0.5, 0.6) is 0 Å². The smallest absolute Gasteiger partial charge is 0.0749 e. The molecule has 0 aromatic rings. The van der Waals surface area contributed by atoms with Crippen molar-refractivity contribution in [3.8, 4) is 0 Å². The molecule has 2 aliphatic carbocycles. The lowest BCUT2D eigenvalue weighted by Gasteiger charge is -2.26. The Kier molecular flexibility index (Phi) is 11.4. The molecule has 2 rings (SSSR count). The summed E-state index contributed by atoms with van der Waals surface area (Å²) in [6.07, 6.45) is 16.3. The highest BCUT2D eigenvalue weighted by Crippen LogP contribution is 2.37. The van der Waals surface area contributed by atoms with Gasteiger partial charge in [-0.1, -0.05) is 64.0 Å². The van der Waals surface area contributed by atoms with Crippen LogP contribution < -0.4 is 0 Å². The molecule has 0 radical (unpaired) electrons. The molecule has 0 bridgehead atoms. The molecule has 3 nitrogen and oxygen atoms in total. The van der Waals surface area contributed by atoms with Gasteiger partial charge in [0.1, 0.15) is 0 Å². The second kappa shape index (κ2) is 13.2. The average Bonchev–Trinajstić information content (AvgIpc) is 2.95. The van der Waals surface area contributed by atoms with Crippen LogP contribution in [0.3, 0.4) is 0 Å². The van der Waals surface area contributed by atoms with Gasteiger partial charge in [0.2, 0.25) is 0 Å². The molecular formula is C23H42O3S. The second-order valence-electron chi connectivity index (χ2n) is 8.64. The maximum absolute atomic E-state index is 10.5. The van der Waals surface area contributed by atoms with Crippen molar-refractivity contribution in [2.24, 2.45) is 17.8 Å². The van der Waals surface area contributed by atoms with Gasteiger partial charge < -0.3 is 15.3 Å². The molecule has 0 aliphatic heterocycles. The summed E-state index contributed by atoms with van der Waals surface area (Å²) in [5.74, 6) is 3.01. The van der Waals surface area contributed by atoms with Gasteiger partial charge in [0.15, 0.2) is 0 Å². The van der Waals surface area contributed by atoms with Gasteiger partial charge >= 0.3 is 0 Å². The van der Waals surface area contributed by atoms with E-state index in [9.17, 15) is 15.3 Å². The Balaban J connectivity index is 1.72. The Hall–Kier alpha value is -0.0300. The molecule has 0 amide bonds. The van der Waals surface area contributed by atoms with E-state index >= 15 is 0 Å². The molecule has 5 atom stereocenters. The molecule has 0 aromatic heterocycles. The maximum atomic E-state index is 10.5. The molecule has 0 aromatic carbocycles. The topological polar surface area (TPSA) is 60.7 Å². The van der Waals surface area contributed by atoms with E-state index in [1.54, 1.807) is 0 Å². The van der Waals surface area contributed by atoms with Crippen molar-refractivity contribution in [3.05, 3.63) is 12.2 Å². The van der Waals surface area contributed by atoms with E-state index < -0.39 is 18.3 Å². The lowest BCUT2D eigenvalue weighted by Crippen LogP contribution is -2.23. The third kappa shape index (κ3) is 8.08. The fourth-order valence-corrected chi connectivity index (χ4v) is 5.61. The predicted octanol–water partition coefficient (Wildman–Crippen LogP) is 4.94. The minimum atomic E-state index is -0.467. The first-order valence-electron chi connectivity index (χ1n) is 11.4. The fourth-order valence-electron chi connectivity index (χ4n) is 4.91. The van der Waals surface area contributed by atoms with Crippen molar-refractivity contribution in [2.75, 3.05) is 11.5 Å². The summed E-state index contributed by atoms with van der Waals surface area (Å²) in [7, 11) is 0. The summed E-state index contributed by atoms with van der Waals surface area (Å²) in [6, 6.07) is 0. The quantitative estimate of drug-likeness (QED) is 0.322. The zero-order chi connectivity index (χ0) is 19.5. The van der Waals surface area contributed by atoms with Crippen LogP contribution in [0.15, 0.2) is 12.2 Å². The minimum absolute atomic E-state index is 0.000746. The second-order valence-corrected chi connectivity index (χ2v) is 10.0. The van der Waals surface area contributed by atoms with Crippen LogP contribution in [0.25, 0.3) is 0 Å². The fraction of sp³-hybridized carbons (Fsp3) is 0.913. The molecule has 2 aliphatic rings. The number of thioether (sulfide) groups is 1. The molecule has 2 fully saturated rings. The highest BCUT2D eigenvalue weighted by molar-refractivity contribution is 7.99. The van der Waals surface area contributed by atoms with Gasteiger partial charge in [0.25, 0.3) is 0 Å². The Morgan fingerprint density at radius 2 is 1.67 bits per heavy atom. The molecular weight excluding hydrogens is 356 g/mol. The monoisotopic (exact) mass is 398 g/mol. The highest BCUT2D eigenvalue weighted by Gasteiger charge is 2.39. The van der Waals surface area contributed by atoms with Gasteiger partial charge in [-0.15, -0.1) is 0 Å². The number of hydrogen-bond acceptors (Lipinski definition) is 4. The first-order valence-corrected chi connectivity index (χ1v) is 12.6. The van der Waals surface area contributed by atoms with Gasteiger partial charge in [-0.3, -0.25) is 0 Å². The third-order valence-electron chi connectivity index (χ3n) is 6.61. The van der Waals surface area contributed by atoms with Crippen LogP contribution in [-0.4, -0.2) is 45.1 Å². The van der Waals surface area contributed by atoms with E-state index in [2.05, 4.69) is 6.92 Å². The molecule has 2 saturated carbocycles. The summed E-state index contributed by atoms with van der Waals surface area (Å²) in [4.78, 5) is 0.